The van der Waals surface area contributed by atoms with Crippen LogP contribution in [0.15, 0.2) is 47.4 Å². The molecule has 1 N–H and O–H groups in total. The second-order valence-corrected chi connectivity index (χ2v) is 7.29. The Morgan fingerprint density at radius 3 is 2.48 bits per heavy atom. The van der Waals surface area contributed by atoms with Gasteiger partial charge in [-0.1, -0.05) is 29.8 Å². The number of carbonyl (C=O) groups is 1. The minimum atomic E-state index is 0.0299. The third-order valence-corrected chi connectivity index (χ3v) is 5.09. The summed E-state index contributed by atoms with van der Waals surface area (Å²) < 4.78 is 0. The van der Waals surface area contributed by atoms with Gasteiger partial charge in [0.1, 0.15) is 0 Å². The smallest absolute Gasteiger partial charge is 0.221 e. The Morgan fingerprint density at radius 1 is 1.13 bits per heavy atom. The first kappa shape index (κ1) is 17.9. The SMILES string of the molecule is Cc1ccc([C@@H](C)NC(=O)CCSc2ccc(Cl)cc2)cc1C. The average Bonchev–Trinajstić information content (AvgIpc) is 2.52. The van der Waals surface area contributed by atoms with Gasteiger partial charge in [-0.15, -0.1) is 11.8 Å². The highest BCUT2D eigenvalue weighted by Gasteiger charge is 2.10. The lowest BCUT2D eigenvalue weighted by Gasteiger charge is -2.15. The van der Waals surface area contributed by atoms with Gasteiger partial charge < -0.3 is 5.32 Å². The molecule has 122 valence electrons. The number of amides is 1. The minimum Gasteiger partial charge on any atom is -0.350 e. The first-order valence-corrected chi connectivity index (χ1v) is 9.07. The summed E-state index contributed by atoms with van der Waals surface area (Å²) in [6, 6.07) is 14.0. The molecule has 0 saturated heterocycles. The Labute approximate surface area is 147 Å². The van der Waals surface area contributed by atoms with Crippen LogP contribution in [0, 0.1) is 13.8 Å². The predicted molar refractivity (Wildman–Crippen MR) is 99.3 cm³/mol. The van der Waals surface area contributed by atoms with Crippen molar-refractivity contribution in [2.45, 2.75) is 38.1 Å². The molecule has 0 aromatic heterocycles. The molecule has 0 saturated carbocycles. The average molecular weight is 348 g/mol. The van der Waals surface area contributed by atoms with Gasteiger partial charge in [-0.2, -0.15) is 0 Å². The fourth-order valence-corrected chi connectivity index (χ4v) is 3.20. The molecule has 0 aliphatic heterocycles. The molecule has 0 fully saturated rings. The van der Waals surface area contributed by atoms with Crippen LogP contribution >= 0.6 is 23.4 Å². The van der Waals surface area contributed by atoms with Gasteiger partial charge in [0, 0.05) is 22.1 Å². The van der Waals surface area contributed by atoms with Crippen molar-refractivity contribution < 1.29 is 4.79 Å². The fourth-order valence-electron chi connectivity index (χ4n) is 2.22. The first-order valence-electron chi connectivity index (χ1n) is 7.70. The van der Waals surface area contributed by atoms with Gasteiger partial charge in [0.25, 0.3) is 0 Å². The van der Waals surface area contributed by atoms with Crippen LogP contribution in [0.5, 0.6) is 0 Å². The first-order chi connectivity index (χ1) is 11.0. The minimum absolute atomic E-state index is 0.0299. The van der Waals surface area contributed by atoms with Crippen LogP contribution in [0.4, 0.5) is 0 Å². The summed E-state index contributed by atoms with van der Waals surface area (Å²) >= 11 is 7.52. The standard InChI is InChI=1S/C19H22ClNOS/c1-13-4-5-16(12-14(13)2)15(3)21-19(22)10-11-23-18-8-6-17(20)7-9-18/h4-9,12,15H,10-11H2,1-3H3,(H,21,22)/t15-/m1/s1. The van der Waals surface area contributed by atoms with Gasteiger partial charge in [-0.25, -0.2) is 0 Å². The molecule has 2 aromatic carbocycles. The molecule has 0 radical (unpaired) electrons. The van der Waals surface area contributed by atoms with E-state index in [9.17, 15) is 4.79 Å². The third-order valence-electron chi connectivity index (χ3n) is 3.82. The van der Waals surface area contributed by atoms with Crippen molar-refractivity contribution in [1.29, 1.82) is 0 Å². The Bertz CT molecular complexity index is 670. The van der Waals surface area contributed by atoms with Crippen LogP contribution in [0.2, 0.25) is 5.02 Å². The Hall–Kier alpha value is -1.45. The van der Waals surface area contributed by atoms with E-state index in [4.69, 9.17) is 11.6 Å². The van der Waals surface area contributed by atoms with Crippen LogP contribution in [-0.2, 0) is 4.79 Å². The molecule has 2 rings (SSSR count). The number of thioether (sulfide) groups is 1. The van der Waals surface area contributed by atoms with E-state index in [-0.39, 0.29) is 11.9 Å². The lowest BCUT2D eigenvalue weighted by Crippen LogP contribution is -2.26. The summed E-state index contributed by atoms with van der Waals surface area (Å²) in [5, 5.41) is 3.80. The van der Waals surface area contributed by atoms with Crippen LogP contribution in [0.25, 0.3) is 0 Å². The van der Waals surface area contributed by atoms with Crippen LogP contribution < -0.4 is 5.32 Å². The molecule has 0 aliphatic carbocycles. The summed E-state index contributed by atoms with van der Waals surface area (Å²) in [5.74, 6) is 0.838. The highest BCUT2D eigenvalue weighted by atomic mass is 35.5. The van der Waals surface area contributed by atoms with Gasteiger partial charge in [0.2, 0.25) is 5.91 Å². The number of hydrogen-bond acceptors (Lipinski definition) is 2. The summed E-state index contributed by atoms with van der Waals surface area (Å²) in [6.45, 7) is 6.21. The van der Waals surface area contributed by atoms with Gasteiger partial charge >= 0.3 is 0 Å². The van der Waals surface area contributed by atoms with E-state index in [1.807, 2.05) is 31.2 Å². The van der Waals surface area contributed by atoms with E-state index in [1.165, 1.54) is 11.1 Å². The Balaban J connectivity index is 1.79. The van der Waals surface area contributed by atoms with Crippen molar-refractivity contribution in [3.05, 3.63) is 64.2 Å². The van der Waals surface area contributed by atoms with Gasteiger partial charge in [-0.3, -0.25) is 4.79 Å². The molecule has 1 amide bonds. The summed E-state index contributed by atoms with van der Waals surface area (Å²) in [6.07, 6.45) is 0.502. The lowest BCUT2D eigenvalue weighted by atomic mass is 10.0. The van der Waals surface area contributed by atoms with E-state index in [2.05, 4.69) is 37.4 Å². The van der Waals surface area contributed by atoms with Crippen molar-refractivity contribution in [2.24, 2.45) is 0 Å². The molecule has 0 heterocycles. The summed E-state index contributed by atoms with van der Waals surface area (Å²) in [4.78, 5) is 13.2. The number of hydrogen-bond donors (Lipinski definition) is 1. The zero-order chi connectivity index (χ0) is 16.8. The van der Waals surface area contributed by atoms with E-state index in [0.29, 0.717) is 6.42 Å². The highest BCUT2D eigenvalue weighted by molar-refractivity contribution is 7.99. The van der Waals surface area contributed by atoms with Crippen molar-refractivity contribution in [1.82, 2.24) is 5.32 Å². The topological polar surface area (TPSA) is 29.1 Å². The van der Waals surface area contributed by atoms with Gasteiger partial charge in [0.05, 0.1) is 6.04 Å². The number of halogens is 1. The molecular weight excluding hydrogens is 326 g/mol. The molecule has 2 aromatic rings. The predicted octanol–water partition coefficient (Wildman–Crippen LogP) is 5.32. The molecule has 0 unspecified atom stereocenters. The molecule has 0 aliphatic rings. The van der Waals surface area contributed by atoms with Crippen LogP contribution in [-0.4, -0.2) is 11.7 Å². The fraction of sp³-hybridized carbons (Fsp3) is 0.316. The lowest BCUT2D eigenvalue weighted by molar-refractivity contribution is -0.121. The number of aryl methyl sites for hydroxylation is 2. The van der Waals surface area contributed by atoms with Crippen LogP contribution in [0.3, 0.4) is 0 Å². The van der Waals surface area contributed by atoms with Crippen molar-refractivity contribution in [2.75, 3.05) is 5.75 Å². The molecular formula is C19H22ClNOS. The number of nitrogens with one attached hydrogen (secondary N) is 1. The van der Waals surface area contributed by atoms with Gasteiger partial charge in [-0.05, 0) is 61.7 Å². The zero-order valence-corrected chi connectivity index (χ0v) is 15.3. The Kier molecular flexibility index (Phi) is 6.55. The number of carbonyl (C=O) groups excluding carboxylic acids is 1. The quantitative estimate of drug-likeness (QED) is 0.717. The Morgan fingerprint density at radius 2 is 1.83 bits per heavy atom. The van der Waals surface area contributed by atoms with Crippen molar-refractivity contribution in [3.8, 4) is 0 Å². The normalized spacial score (nSPS) is 12.0. The maximum absolute atomic E-state index is 12.1. The molecule has 23 heavy (non-hydrogen) atoms. The zero-order valence-electron chi connectivity index (χ0n) is 13.7. The van der Waals surface area contributed by atoms with Crippen molar-refractivity contribution >= 4 is 29.3 Å². The van der Waals surface area contributed by atoms with Crippen molar-refractivity contribution in [3.63, 3.8) is 0 Å². The summed E-state index contributed by atoms with van der Waals surface area (Å²) in [5.41, 5.74) is 3.67. The maximum Gasteiger partial charge on any atom is 0.221 e. The van der Waals surface area contributed by atoms with Crippen LogP contribution in [0.1, 0.15) is 36.1 Å². The highest BCUT2D eigenvalue weighted by Crippen LogP contribution is 2.21. The molecule has 0 spiro atoms. The number of rotatable bonds is 6. The second-order valence-electron chi connectivity index (χ2n) is 5.69. The van der Waals surface area contributed by atoms with E-state index in [0.717, 1.165) is 21.2 Å². The summed E-state index contributed by atoms with van der Waals surface area (Å²) in [7, 11) is 0. The number of benzene rings is 2. The van der Waals surface area contributed by atoms with Gasteiger partial charge in [0.15, 0.2) is 0 Å². The second kappa shape index (κ2) is 8.42. The monoisotopic (exact) mass is 347 g/mol. The molecule has 2 nitrogen and oxygen atoms in total. The maximum atomic E-state index is 12.1. The molecule has 4 heteroatoms. The third kappa shape index (κ3) is 5.60. The molecule has 1 atom stereocenters. The van der Waals surface area contributed by atoms with E-state index in [1.54, 1.807) is 11.8 Å². The van der Waals surface area contributed by atoms with E-state index >= 15 is 0 Å². The largest absolute Gasteiger partial charge is 0.350 e. The van der Waals surface area contributed by atoms with E-state index < -0.39 is 0 Å². The molecule has 0 bridgehead atoms.